The lowest BCUT2D eigenvalue weighted by Crippen LogP contribution is -2.45. The Balaban J connectivity index is 2.29. The zero-order valence-corrected chi connectivity index (χ0v) is 11.9. The van der Waals surface area contributed by atoms with Crippen LogP contribution >= 0.6 is 0 Å². The van der Waals surface area contributed by atoms with Crippen LogP contribution in [0.15, 0.2) is 24.3 Å². The van der Waals surface area contributed by atoms with E-state index in [0.29, 0.717) is 13.0 Å². The van der Waals surface area contributed by atoms with Gasteiger partial charge in [-0.25, -0.2) is 9.59 Å². The number of amides is 2. The lowest BCUT2D eigenvalue weighted by molar-refractivity contribution is -0.142. The van der Waals surface area contributed by atoms with Crippen LogP contribution in [0.1, 0.15) is 12.5 Å². The van der Waals surface area contributed by atoms with Crippen molar-refractivity contribution in [2.45, 2.75) is 19.4 Å². The van der Waals surface area contributed by atoms with Crippen molar-refractivity contribution >= 4 is 12.0 Å². The standard InChI is InChI=1S/C14H20N2O4/c1-10(13(17)20-3)16-14(18)15-9-8-11-4-6-12(19-2)7-5-11/h4-7,10H,8-9H2,1-3H3,(H2,15,16,18)/t10-/m1/s1. The molecule has 1 aromatic carbocycles. The Morgan fingerprint density at radius 3 is 2.40 bits per heavy atom. The number of esters is 1. The van der Waals surface area contributed by atoms with Crippen LogP contribution < -0.4 is 15.4 Å². The summed E-state index contributed by atoms with van der Waals surface area (Å²) in [4.78, 5) is 22.6. The summed E-state index contributed by atoms with van der Waals surface area (Å²) in [5.41, 5.74) is 1.09. The molecule has 0 unspecified atom stereocenters. The van der Waals surface area contributed by atoms with E-state index in [-0.39, 0.29) is 0 Å². The molecule has 0 aromatic heterocycles. The molecule has 0 saturated carbocycles. The Morgan fingerprint density at radius 1 is 1.20 bits per heavy atom. The van der Waals surface area contributed by atoms with Crippen LogP contribution in [-0.4, -0.2) is 38.8 Å². The summed E-state index contributed by atoms with van der Waals surface area (Å²) in [7, 11) is 2.89. The highest BCUT2D eigenvalue weighted by molar-refractivity contribution is 5.83. The maximum Gasteiger partial charge on any atom is 0.328 e. The van der Waals surface area contributed by atoms with Crippen LogP contribution in [0, 0.1) is 0 Å². The second kappa shape index (κ2) is 8.04. The quantitative estimate of drug-likeness (QED) is 0.765. The number of carbonyl (C=O) groups is 2. The second-order valence-electron chi connectivity index (χ2n) is 4.24. The van der Waals surface area contributed by atoms with Crippen molar-refractivity contribution in [2.24, 2.45) is 0 Å². The van der Waals surface area contributed by atoms with E-state index in [1.807, 2.05) is 24.3 Å². The molecule has 0 aliphatic carbocycles. The average Bonchev–Trinajstić information content (AvgIpc) is 2.47. The first-order valence-corrected chi connectivity index (χ1v) is 6.32. The number of methoxy groups -OCH3 is 2. The summed E-state index contributed by atoms with van der Waals surface area (Å²) in [5, 5.41) is 5.17. The molecule has 0 spiro atoms. The van der Waals surface area contributed by atoms with E-state index in [9.17, 15) is 9.59 Å². The molecule has 0 radical (unpaired) electrons. The number of carbonyl (C=O) groups excluding carboxylic acids is 2. The number of benzene rings is 1. The van der Waals surface area contributed by atoms with Crippen molar-refractivity contribution in [3.05, 3.63) is 29.8 Å². The van der Waals surface area contributed by atoms with Crippen LogP contribution in [0.2, 0.25) is 0 Å². The van der Waals surface area contributed by atoms with Crippen molar-refractivity contribution in [3.63, 3.8) is 0 Å². The summed E-state index contributed by atoms with van der Waals surface area (Å²) >= 11 is 0. The zero-order chi connectivity index (χ0) is 15.0. The predicted octanol–water partition coefficient (Wildman–Crippen LogP) is 1.10. The third-order valence-electron chi connectivity index (χ3n) is 2.76. The lowest BCUT2D eigenvalue weighted by Gasteiger charge is -2.12. The molecule has 0 aliphatic rings. The van der Waals surface area contributed by atoms with Gasteiger partial charge in [0.2, 0.25) is 0 Å². The van der Waals surface area contributed by atoms with Crippen molar-refractivity contribution < 1.29 is 19.1 Å². The van der Waals surface area contributed by atoms with E-state index < -0.39 is 18.0 Å². The summed E-state index contributed by atoms with van der Waals surface area (Å²) in [6.45, 7) is 2.04. The van der Waals surface area contributed by atoms with E-state index in [0.717, 1.165) is 11.3 Å². The molecule has 1 atom stereocenters. The van der Waals surface area contributed by atoms with E-state index in [1.165, 1.54) is 7.11 Å². The van der Waals surface area contributed by atoms with Gasteiger partial charge in [-0.05, 0) is 31.0 Å². The molecular formula is C14H20N2O4. The van der Waals surface area contributed by atoms with Crippen LogP contribution in [-0.2, 0) is 16.0 Å². The number of ether oxygens (including phenoxy) is 2. The summed E-state index contributed by atoms with van der Waals surface area (Å²) in [6.07, 6.45) is 0.698. The average molecular weight is 280 g/mol. The lowest BCUT2D eigenvalue weighted by atomic mass is 10.1. The molecule has 0 saturated heterocycles. The topological polar surface area (TPSA) is 76.7 Å². The van der Waals surface area contributed by atoms with Gasteiger partial charge in [-0.15, -0.1) is 0 Å². The first kappa shape index (κ1) is 15.8. The highest BCUT2D eigenvalue weighted by atomic mass is 16.5. The van der Waals surface area contributed by atoms with Crippen LogP contribution in [0.3, 0.4) is 0 Å². The van der Waals surface area contributed by atoms with Gasteiger partial charge in [-0.3, -0.25) is 0 Å². The fourth-order valence-electron chi connectivity index (χ4n) is 1.60. The number of hydrogen-bond donors (Lipinski definition) is 2. The minimum absolute atomic E-state index is 0.392. The van der Waals surface area contributed by atoms with Crippen LogP contribution in [0.4, 0.5) is 4.79 Å². The first-order valence-electron chi connectivity index (χ1n) is 6.32. The highest BCUT2D eigenvalue weighted by Gasteiger charge is 2.14. The van der Waals surface area contributed by atoms with Gasteiger partial charge in [0.25, 0.3) is 0 Å². The Labute approximate surface area is 118 Å². The van der Waals surface area contributed by atoms with E-state index in [1.54, 1.807) is 14.0 Å². The van der Waals surface area contributed by atoms with Gasteiger partial charge in [0.05, 0.1) is 14.2 Å². The van der Waals surface area contributed by atoms with Crippen molar-refractivity contribution in [1.82, 2.24) is 10.6 Å². The monoisotopic (exact) mass is 280 g/mol. The van der Waals surface area contributed by atoms with Crippen LogP contribution in [0.25, 0.3) is 0 Å². The Hall–Kier alpha value is -2.24. The normalized spacial score (nSPS) is 11.3. The molecule has 0 fully saturated rings. The zero-order valence-electron chi connectivity index (χ0n) is 11.9. The fraction of sp³-hybridized carbons (Fsp3) is 0.429. The predicted molar refractivity (Wildman–Crippen MR) is 74.7 cm³/mol. The maximum atomic E-state index is 11.5. The Bertz CT molecular complexity index is 445. The van der Waals surface area contributed by atoms with Gasteiger partial charge in [0.15, 0.2) is 0 Å². The molecule has 0 aliphatic heterocycles. The third kappa shape index (κ3) is 5.17. The first-order chi connectivity index (χ1) is 9.56. The summed E-state index contributed by atoms with van der Waals surface area (Å²) < 4.78 is 9.58. The van der Waals surface area contributed by atoms with E-state index >= 15 is 0 Å². The molecule has 0 bridgehead atoms. The molecule has 2 N–H and O–H groups in total. The molecule has 2 amide bonds. The van der Waals surface area contributed by atoms with Crippen LogP contribution in [0.5, 0.6) is 5.75 Å². The SMILES string of the molecule is COC(=O)[C@@H](C)NC(=O)NCCc1ccc(OC)cc1. The van der Waals surface area contributed by atoms with E-state index in [2.05, 4.69) is 15.4 Å². The van der Waals surface area contributed by atoms with Crippen molar-refractivity contribution in [1.29, 1.82) is 0 Å². The number of rotatable bonds is 6. The molecule has 1 aromatic rings. The fourth-order valence-corrected chi connectivity index (χ4v) is 1.60. The molecule has 6 heteroatoms. The molecule has 0 heterocycles. The van der Waals surface area contributed by atoms with Gasteiger partial charge >= 0.3 is 12.0 Å². The highest BCUT2D eigenvalue weighted by Crippen LogP contribution is 2.11. The van der Waals surface area contributed by atoms with E-state index in [4.69, 9.17) is 4.74 Å². The van der Waals surface area contributed by atoms with Gasteiger partial charge in [0.1, 0.15) is 11.8 Å². The minimum atomic E-state index is -0.666. The molecule has 110 valence electrons. The second-order valence-corrected chi connectivity index (χ2v) is 4.24. The maximum absolute atomic E-state index is 11.5. The molecular weight excluding hydrogens is 260 g/mol. The Morgan fingerprint density at radius 2 is 1.85 bits per heavy atom. The number of nitrogens with one attached hydrogen (secondary N) is 2. The van der Waals surface area contributed by atoms with Gasteiger partial charge < -0.3 is 20.1 Å². The largest absolute Gasteiger partial charge is 0.497 e. The van der Waals surface area contributed by atoms with Gasteiger partial charge in [-0.2, -0.15) is 0 Å². The molecule has 6 nitrogen and oxygen atoms in total. The third-order valence-corrected chi connectivity index (χ3v) is 2.76. The van der Waals surface area contributed by atoms with Gasteiger partial charge in [-0.1, -0.05) is 12.1 Å². The number of urea groups is 1. The number of hydrogen-bond acceptors (Lipinski definition) is 4. The van der Waals surface area contributed by atoms with Crippen molar-refractivity contribution in [3.8, 4) is 5.75 Å². The van der Waals surface area contributed by atoms with Gasteiger partial charge in [0, 0.05) is 6.54 Å². The van der Waals surface area contributed by atoms with Crippen molar-refractivity contribution in [2.75, 3.05) is 20.8 Å². The molecule has 1 rings (SSSR count). The summed E-state index contributed by atoms with van der Waals surface area (Å²) in [6, 6.07) is 6.56. The Kier molecular flexibility index (Phi) is 6.36. The molecule has 20 heavy (non-hydrogen) atoms. The minimum Gasteiger partial charge on any atom is -0.497 e. The summed E-state index contributed by atoms with van der Waals surface area (Å²) in [5.74, 6) is 0.321. The smallest absolute Gasteiger partial charge is 0.328 e.